The standard InChI is InChI=1S/C30H23P/c1-3-10-22(11-4-1)27-18-9-19-28(23-12-5-2-6-13-23)30(27)31-20-25-16-7-14-24-15-8-17-26(21-31)29(24)25/h1-19H,20-21H2. The van der Waals surface area contributed by atoms with Crippen LogP contribution >= 0.6 is 7.92 Å². The Kier molecular flexibility index (Phi) is 4.67. The predicted molar refractivity (Wildman–Crippen MR) is 135 cm³/mol. The Hall–Kier alpha value is -3.21. The molecule has 0 radical (unpaired) electrons. The third-order valence-corrected chi connectivity index (χ3v) is 8.88. The molecule has 5 aromatic rings. The maximum absolute atomic E-state index is 2.34. The average Bonchev–Trinajstić information content (AvgIpc) is 2.85. The summed E-state index contributed by atoms with van der Waals surface area (Å²) in [5.74, 6) is 0. The summed E-state index contributed by atoms with van der Waals surface area (Å²) in [6.45, 7) is 0. The first-order chi connectivity index (χ1) is 15.4. The van der Waals surface area contributed by atoms with E-state index in [1.165, 1.54) is 44.2 Å². The number of hydrogen-bond donors (Lipinski definition) is 0. The maximum Gasteiger partial charge on any atom is -0.00231 e. The van der Waals surface area contributed by atoms with Crippen LogP contribution in [-0.2, 0) is 12.3 Å². The molecule has 0 atom stereocenters. The molecular weight excluding hydrogens is 391 g/mol. The van der Waals surface area contributed by atoms with Crippen molar-refractivity contribution in [2.75, 3.05) is 0 Å². The van der Waals surface area contributed by atoms with Gasteiger partial charge in [0, 0.05) is 0 Å². The van der Waals surface area contributed by atoms with Crippen molar-refractivity contribution in [2.24, 2.45) is 0 Å². The van der Waals surface area contributed by atoms with E-state index >= 15 is 0 Å². The van der Waals surface area contributed by atoms with Crippen molar-refractivity contribution in [3.05, 3.63) is 126 Å². The van der Waals surface area contributed by atoms with E-state index in [-0.39, 0.29) is 7.92 Å². The lowest BCUT2D eigenvalue weighted by Crippen LogP contribution is -2.14. The monoisotopic (exact) mass is 414 g/mol. The summed E-state index contributed by atoms with van der Waals surface area (Å²) in [7, 11) is -0.368. The van der Waals surface area contributed by atoms with Crippen LogP contribution in [0.2, 0.25) is 0 Å². The zero-order chi connectivity index (χ0) is 20.6. The van der Waals surface area contributed by atoms with Gasteiger partial charge < -0.3 is 0 Å². The topological polar surface area (TPSA) is 0 Å². The van der Waals surface area contributed by atoms with Gasteiger partial charge in [0.15, 0.2) is 0 Å². The van der Waals surface area contributed by atoms with Gasteiger partial charge in [-0.15, -0.1) is 0 Å². The smallest absolute Gasteiger partial charge is 0.00231 e. The molecule has 148 valence electrons. The van der Waals surface area contributed by atoms with Crippen LogP contribution in [0.3, 0.4) is 0 Å². The molecule has 0 N–H and O–H groups in total. The highest BCUT2D eigenvalue weighted by Crippen LogP contribution is 2.52. The summed E-state index contributed by atoms with van der Waals surface area (Å²) in [6.07, 6.45) is 2.29. The summed E-state index contributed by atoms with van der Waals surface area (Å²) in [6, 6.07) is 42.3. The van der Waals surface area contributed by atoms with Gasteiger partial charge in [-0.3, -0.25) is 0 Å². The van der Waals surface area contributed by atoms with E-state index in [4.69, 9.17) is 0 Å². The molecule has 0 saturated carbocycles. The van der Waals surface area contributed by atoms with Crippen molar-refractivity contribution >= 4 is 24.0 Å². The number of benzene rings is 5. The molecule has 6 rings (SSSR count). The Bertz CT molecular complexity index is 1270. The summed E-state index contributed by atoms with van der Waals surface area (Å²) in [4.78, 5) is 0. The highest BCUT2D eigenvalue weighted by atomic mass is 31.1. The van der Waals surface area contributed by atoms with Crippen molar-refractivity contribution < 1.29 is 0 Å². The van der Waals surface area contributed by atoms with Gasteiger partial charge in [-0.25, -0.2) is 0 Å². The summed E-state index contributed by atoms with van der Waals surface area (Å²) < 4.78 is 0. The quantitative estimate of drug-likeness (QED) is 0.262. The third kappa shape index (κ3) is 3.29. The Labute approximate surface area is 185 Å². The molecule has 0 aliphatic carbocycles. The van der Waals surface area contributed by atoms with Crippen molar-refractivity contribution in [2.45, 2.75) is 12.3 Å². The SMILES string of the molecule is c1ccc(-c2cccc(-c3ccccc3)c2P2Cc3cccc4cccc(c34)C2)cc1. The number of rotatable bonds is 3. The van der Waals surface area contributed by atoms with Gasteiger partial charge in [-0.1, -0.05) is 123 Å². The van der Waals surface area contributed by atoms with Crippen LogP contribution in [0.25, 0.3) is 33.0 Å². The lowest BCUT2D eigenvalue weighted by atomic mass is 9.98. The fourth-order valence-corrected chi connectivity index (χ4v) is 7.84. The lowest BCUT2D eigenvalue weighted by Gasteiger charge is -2.30. The van der Waals surface area contributed by atoms with Gasteiger partial charge in [-0.05, 0) is 61.8 Å². The molecule has 0 amide bonds. The van der Waals surface area contributed by atoms with Gasteiger partial charge in [-0.2, -0.15) is 0 Å². The van der Waals surface area contributed by atoms with Gasteiger partial charge in [0.05, 0.1) is 0 Å². The molecule has 5 aromatic carbocycles. The molecule has 0 saturated heterocycles. The summed E-state index contributed by atoms with van der Waals surface area (Å²) >= 11 is 0. The van der Waals surface area contributed by atoms with Crippen molar-refractivity contribution in [3.8, 4) is 22.3 Å². The molecule has 1 heteroatoms. The highest BCUT2D eigenvalue weighted by Gasteiger charge is 2.26. The Morgan fingerprint density at radius 3 is 1.45 bits per heavy atom. The second-order valence-electron chi connectivity index (χ2n) is 8.22. The molecule has 0 spiro atoms. The van der Waals surface area contributed by atoms with Crippen molar-refractivity contribution in [1.29, 1.82) is 0 Å². The Morgan fingerprint density at radius 1 is 0.452 bits per heavy atom. The minimum absolute atomic E-state index is 0.368. The van der Waals surface area contributed by atoms with E-state index in [9.17, 15) is 0 Å². The first-order valence-corrected chi connectivity index (χ1v) is 12.6. The van der Waals surface area contributed by atoms with Crippen LogP contribution in [0.4, 0.5) is 0 Å². The van der Waals surface area contributed by atoms with Crippen molar-refractivity contribution in [1.82, 2.24) is 0 Å². The maximum atomic E-state index is 2.34. The molecular formula is C30H23P. The van der Waals surface area contributed by atoms with Gasteiger partial charge in [0.2, 0.25) is 0 Å². The zero-order valence-electron chi connectivity index (χ0n) is 17.3. The molecule has 0 nitrogen and oxygen atoms in total. The van der Waals surface area contributed by atoms with E-state index in [0.29, 0.717) is 0 Å². The average molecular weight is 414 g/mol. The molecule has 1 aliphatic rings. The van der Waals surface area contributed by atoms with Gasteiger partial charge in [0.1, 0.15) is 0 Å². The summed E-state index contributed by atoms with van der Waals surface area (Å²) in [5, 5.41) is 4.41. The van der Waals surface area contributed by atoms with E-state index in [1.54, 1.807) is 5.30 Å². The van der Waals surface area contributed by atoms with Crippen LogP contribution in [0.15, 0.2) is 115 Å². The zero-order valence-corrected chi connectivity index (χ0v) is 18.2. The largest absolute Gasteiger partial charge is 0.0650 e. The molecule has 0 aromatic heterocycles. The van der Waals surface area contributed by atoms with Crippen LogP contribution in [0.5, 0.6) is 0 Å². The first kappa shape index (κ1) is 18.6. The fourth-order valence-electron chi connectivity index (χ4n) is 4.98. The molecule has 1 heterocycles. The number of hydrogen-bond acceptors (Lipinski definition) is 0. The fraction of sp³-hybridized carbons (Fsp3) is 0.0667. The minimum Gasteiger partial charge on any atom is -0.0650 e. The second kappa shape index (κ2) is 7.80. The predicted octanol–water partition coefficient (Wildman–Crippen LogP) is 7.99. The molecule has 0 fully saturated rings. The van der Waals surface area contributed by atoms with E-state index in [1.807, 2.05) is 0 Å². The van der Waals surface area contributed by atoms with Crippen LogP contribution in [0.1, 0.15) is 11.1 Å². The van der Waals surface area contributed by atoms with Crippen LogP contribution < -0.4 is 5.30 Å². The molecule has 31 heavy (non-hydrogen) atoms. The van der Waals surface area contributed by atoms with Crippen LogP contribution in [-0.4, -0.2) is 0 Å². The highest BCUT2D eigenvalue weighted by molar-refractivity contribution is 7.64. The molecule has 1 aliphatic heterocycles. The van der Waals surface area contributed by atoms with Crippen LogP contribution in [0, 0.1) is 0 Å². The minimum atomic E-state index is -0.368. The second-order valence-corrected chi connectivity index (χ2v) is 10.4. The third-order valence-electron chi connectivity index (χ3n) is 6.32. The van der Waals surface area contributed by atoms with E-state index < -0.39 is 0 Å². The normalized spacial score (nSPS) is 13.4. The Morgan fingerprint density at radius 2 is 0.935 bits per heavy atom. The molecule has 0 unspecified atom stereocenters. The van der Waals surface area contributed by atoms with Crippen molar-refractivity contribution in [3.63, 3.8) is 0 Å². The van der Waals surface area contributed by atoms with Gasteiger partial charge in [0.25, 0.3) is 0 Å². The van der Waals surface area contributed by atoms with E-state index in [2.05, 4.69) is 115 Å². The molecule has 0 bridgehead atoms. The Balaban J connectivity index is 1.57. The first-order valence-electron chi connectivity index (χ1n) is 10.9. The lowest BCUT2D eigenvalue weighted by molar-refractivity contribution is 1.31. The van der Waals surface area contributed by atoms with Gasteiger partial charge >= 0.3 is 0 Å². The van der Waals surface area contributed by atoms with E-state index in [0.717, 1.165) is 12.3 Å². The summed E-state index contributed by atoms with van der Waals surface area (Å²) in [5.41, 5.74) is 8.42.